The predicted octanol–water partition coefficient (Wildman–Crippen LogP) is 3.97. The summed E-state index contributed by atoms with van der Waals surface area (Å²) in [7, 11) is 1.81. The van der Waals surface area contributed by atoms with Crippen LogP contribution in [0.4, 0.5) is 8.78 Å². The van der Waals surface area contributed by atoms with Gasteiger partial charge < -0.3 is 5.32 Å². The largest absolute Gasteiger partial charge is 0.316 e. The Morgan fingerprint density at radius 3 is 2.42 bits per heavy atom. The van der Waals surface area contributed by atoms with E-state index in [0.29, 0.717) is 17.7 Å². The van der Waals surface area contributed by atoms with E-state index in [2.05, 4.69) is 5.32 Å². The summed E-state index contributed by atoms with van der Waals surface area (Å²) in [5, 5.41) is 3.02. The highest BCUT2D eigenvalue weighted by atomic mass is 19.1. The van der Waals surface area contributed by atoms with Crippen LogP contribution >= 0.6 is 0 Å². The first-order valence-corrected chi connectivity index (χ1v) is 6.23. The minimum Gasteiger partial charge on any atom is -0.316 e. The van der Waals surface area contributed by atoms with Gasteiger partial charge in [0.25, 0.3) is 0 Å². The number of benzene rings is 2. The molecule has 0 aliphatic carbocycles. The maximum atomic E-state index is 14.2. The maximum absolute atomic E-state index is 14.2. The first-order chi connectivity index (χ1) is 9.02. The molecule has 0 spiro atoms. The van der Waals surface area contributed by atoms with Crippen LogP contribution < -0.4 is 5.32 Å². The minimum atomic E-state index is -0.353. The Kier molecular flexibility index (Phi) is 3.96. The lowest BCUT2D eigenvalue weighted by Gasteiger charge is -2.14. The Bertz CT molecular complexity index is 583. The van der Waals surface area contributed by atoms with E-state index in [4.69, 9.17) is 0 Å². The molecule has 0 amide bonds. The highest BCUT2D eigenvalue weighted by Crippen LogP contribution is 2.31. The molecular formula is C16H17F2N. The molecule has 0 fully saturated rings. The highest BCUT2D eigenvalue weighted by Gasteiger charge is 2.14. The third-order valence-electron chi connectivity index (χ3n) is 3.14. The van der Waals surface area contributed by atoms with Crippen LogP contribution in [-0.4, -0.2) is 7.05 Å². The van der Waals surface area contributed by atoms with Crippen molar-refractivity contribution in [2.75, 3.05) is 7.05 Å². The number of rotatable bonds is 3. The fraction of sp³-hybridized carbons (Fsp3) is 0.250. The number of aryl methyl sites for hydroxylation is 2. The summed E-state index contributed by atoms with van der Waals surface area (Å²) in [4.78, 5) is 0. The van der Waals surface area contributed by atoms with Crippen LogP contribution in [-0.2, 0) is 6.54 Å². The van der Waals surface area contributed by atoms with Gasteiger partial charge in [0.2, 0.25) is 0 Å². The van der Waals surface area contributed by atoms with Crippen molar-refractivity contribution in [2.45, 2.75) is 20.4 Å². The second-order valence-electron chi connectivity index (χ2n) is 4.77. The molecule has 0 bridgehead atoms. The zero-order valence-corrected chi connectivity index (χ0v) is 11.3. The SMILES string of the molecule is CNCc1ccc(F)cc1-c1c(C)cc(C)cc1F. The van der Waals surface area contributed by atoms with Gasteiger partial charge in [0.15, 0.2) is 0 Å². The standard InChI is InChI=1S/C16H17F2N/c1-10-6-11(2)16(15(18)7-10)14-8-13(17)5-4-12(14)9-19-3/h4-8,19H,9H2,1-3H3. The average Bonchev–Trinajstić information content (AvgIpc) is 2.31. The van der Waals surface area contributed by atoms with Gasteiger partial charge in [-0.05, 0) is 61.3 Å². The fourth-order valence-electron chi connectivity index (χ4n) is 2.38. The van der Waals surface area contributed by atoms with Gasteiger partial charge in [-0.15, -0.1) is 0 Å². The van der Waals surface area contributed by atoms with E-state index in [1.165, 1.54) is 18.2 Å². The fourth-order valence-corrected chi connectivity index (χ4v) is 2.38. The van der Waals surface area contributed by atoms with Crippen LogP contribution in [0.25, 0.3) is 11.1 Å². The van der Waals surface area contributed by atoms with E-state index < -0.39 is 0 Å². The lowest BCUT2D eigenvalue weighted by atomic mass is 9.94. The van der Waals surface area contributed by atoms with Crippen molar-refractivity contribution < 1.29 is 8.78 Å². The molecule has 0 heterocycles. The third kappa shape index (κ3) is 2.82. The van der Waals surface area contributed by atoms with Crippen molar-refractivity contribution in [3.8, 4) is 11.1 Å². The normalized spacial score (nSPS) is 10.8. The monoisotopic (exact) mass is 261 g/mol. The smallest absolute Gasteiger partial charge is 0.131 e. The highest BCUT2D eigenvalue weighted by molar-refractivity contribution is 5.71. The molecule has 19 heavy (non-hydrogen) atoms. The molecule has 0 aliphatic rings. The molecule has 0 saturated heterocycles. The average molecular weight is 261 g/mol. The summed E-state index contributed by atoms with van der Waals surface area (Å²) in [5.41, 5.74) is 3.67. The van der Waals surface area contributed by atoms with Crippen molar-refractivity contribution in [2.24, 2.45) is 0 Å². The van der Waals surface area contributed by atoms with Gasteiger partial charge in [-0.1, -0.05) is 12.1 Å². The van der Waals surface area contributed by atoms with Crippen LogP contribution in [0, 0.1) is 25.5 Å². The Morgan fingerprint density at radius 1 is 1.05 bits per heavy atom. The van der Waals surface area contributed by atoms with Gasteiger partial charge in [-0.3, -0.25) is 0 Å². The molecule has 0 aliphatic heterocycles. The Morgan fingerprint density at radius 2 is 1.79 bits per heavy atom. The van der Waals surface area contributed by atoms with Gasteiger partial charge in [0.1, 0.15) is 11.6 Å². The van der Waals surface area contributed by atoms with E-state index in [9.17, 15) is 8.78 Å². The summed E-state index contributed by atoms with van der Waals surface area (Å²) < 4.78 is 27.7. The molecule has 0 radical (unpaired) electrons. The molecule has 3 heteroatoms. The molecule has 0 unspecified atom stereocenters. The molecule has 1 N–H and O–H groups in total. The van der Waals surface area contributed by atoms with Crippen molar-refractivity contribution in [3.05, 3.63) is 58.7 Å². The van der Waals surface area contributed by atoms with Crippen molar-refractivity contribution in [1.82, 2.24) is 5.32 Å². The van der Waals surface area contributed by atoms with Gasteiger partial charge >= 0.3 is 0 Å². The molecule has 100 valence electrons. The zero-order chi connectivity index (χ0) is 14.0. The van der Waals surface area contributed by atoms with Gasteiger partial charge in [-0.2, -0.15) is 0 Å². The van der Waals surface area contributed by atoms with Crippen molar-refractivity contribution in [3.63, 3.8) is 0 Å². The van der Waals surface area contributed by atoms with E-state index >= 15 is 0 Å². The second-order valence-corrected chi connectivity index (χ2v) is 4.77. The Hall–Kier alpha value is -1.74. The molecule has 1 nitrogen and oxygen atoms in total. The number of hydrogen-bond donors (Lipinski definition) is 1. The van der Waals surface area contributed by atoms with Crippen LogP contribution in [0.5, 0.6) is 0 Å². The van der Waals surface area contributed by atoms with E-state index in [-0.39, 0.29) is 11.6 Å². The summed E-state index contributed by atoms with van der Waals surface area (Å²) in [5.74, 6) is -0.658. The Labute approximate surface area is 112 Å². The first-order valence-electron chi connectivity index (χ1n) is 6.23. The molecular weight excluding hydrogens is 244 g/mol. The molecule has 2 rings (SSSR count). The number of hydrogen-bond acceptors (Lipinski definition) is 1. The lowest BCUT2D eigenvalue weighted by Crippen LogP contribution is -2.07. The topological polar surface area (TPSA) is 12.0 Å². The van der Waals surface area contributed by atoms with E-state index in [0.717, 1.165) is 16.7 Å². The maximum Gasteiger partial charge on any atom is 0.131 e. The van der Waals surface area contributed by atoms with Crippen LogP contribution in [0.3, 0.4) is 0 Å². The minimum absolute atomic E-state index is 0.305. The van der Waals surface area contributed by atoms with Gasteiger partial charge in [0, 0.05) is 12.1 Å². The second kappa shape index (κ2) is 5.49. The van der Waals surface area contributed by atoms with Crippen LogP contribution in [0.2, 0.25) is 0 Å². The Balaban J connectivity index is 2.67. The summed E-state index contributed by atoms with van der Waals surface area (Å²) in [6.07, 6.45) is 0. The molecule has 2 aromatic rings. The molecule has 0 aromatic heterocycles. The number of nitrogens with one attached hydrogen (secondary N) is 1. The summed E-state index contributed by atoms with van der Waals surface area (Å²) in [6, 6.07) is 7.88. The summed E-state index contributed by atoms with van der Waals surface area (Å²) in [6.45, 7) is 4.27. The zero-order valence-electron chi connectivity index (χ0n) is 11.3. The van der Waals surface area contributed by atoms with Crippen molar-refractivity contribution >= 4 is 0 Å². The third-order valence-corrected chi connectivity index (χ3v) is 3.14. The lowest BCUT2D eigenvalue weighted by molar-refractivity contribution is 0.622. The molecule has 0 saturated carbocycles. The van der Waals surface area contributed by atoms with Gasteiger partial charge in [-0.25, -0.2) is 8.78 Å². The van der Waals surface area contributed by atoms with E-state index in [1.807, 2.05) is 27.0 Å². The van der Waals surface area contributed by atoms with E-state index in [1.54, 1.807) is 6.07 Å². The van der Waals surface area contributed by atoms with Crippen molar-refractivity contribution in [1.29, 1.82) is 0 Å². The molecule has 2 aromatic carbocycles. The van der Waals surface area contributed by atoms with Gasteiger partial charge in [0.05, 0.1) is 0 Å². The van der Waals surface area contributed by atoms with Crippen LogP contribution in [0.15, 0.2) is 30.3 Å². The predicted molar refractivity (Wildman–Crippen MR) is 74.0 cm³/mol. The first kappa shape index (κ1) is 13.7. The molecule has 0 atom stereocenters. The quantitative estimate of drug-likeness (QED) is 0.881. The number of halogens is 2. The van der Waals surface area contributed by atoms with Crippen LogP contribution in [0.1, 0.15) is 16.7 Å². The summed E-state index contributed by atoms with van der Waals surface area (Å²) >= 11 is 0.